The van der Waals surface area contributed by atoms with E-state index < -0.39 is 5.54 Å². The third kappa shape index (κ3) is 5.58. The second kappa shape index (κ2) is 11.0. The molecule has 1 N–H and O–H groups in total. The molecule has 0 aromatic heterocycles. The van der Waals surface area contributed by atoms with Crippen LogP contribution in [0.4, 0.5) is 0 Å². The van der Waals surface area contributed by atoms with Crippen molar-refractivity contribution in [2.24, 2.45) is 0 Å². The largest absolute Gasteiger partial charge is 0.465 e. The number of rotatable bonds is 7. The van der Waals surface area contributed by atoms with Crippen molar-refractivity contribution in [3.63, 3.8) is 0 Å². The highest BCUT2D eigenvalue weighted by atomic mass is 16.5. The SMILES string of the molecule is COC(=O)c1ccc([C@H](C)NC(=O)C2(N3CC[C@@H](OC4CCCCC4)C3)CCOCC2)cc1. The second-order valence-corrected chi connectivity index (χ2v) is 9.71. The first-order valence-corrected chi connectivity index (χ1v) is 12.5. The molecule has 33 heavy (non-hydrogen) atoms. The summed E-state index contributed by atoms with van der Waals surface area (Å²) in [6, 6.07) is 7.06. The molecule has 0 radical (unpaired) electrons. The number of benzene rings is 1. The van der Waals surface area contributed by atoms with Crippen LogP contribution in [0.5, 0.6) is 0 Å². The predicted octanol–water partition coefficient (Wildman–Crippen LogP) is 3.62. The lowest BCUT2D eigenvalue weighted by Crippen LogP contribution is -2.61. The van der Waals surface area contributed by atoms with Gasteiger partial charge in [-0.05, 0) is 56.7 Å². The molecule has 1 aliphatic carbocycles. The van der Waals surface area contributed by atoms with Crippen LogP contribution in [0, 0.1) is 0 Å². The number of ether oxygens (including phenoxy) is 3. The number of esters is 1. The molecule has 1 saturated carbocycles. The van der Waals surface area contributed by atoms with Gasteiger partial charge in [0.05, 0.1) is 30.9 Å². The van der Waals surface area contributed by atoms with Gasteiger partial charge in [-0.25, -0.2) is 4.79 Å². The van der Waals surface area contributed by atoms with Gasteiger partial charge in [0, 0.05) is 26.3 Å². The first-order valence-electron chi connectivity index (χ1n) is 12.5. The van der Waals surface area contributed by atoms with Crippen LogP contribution in [0.25, 0.3) is 0 Å². The van der Waals surface area contributed by atoms with Gasteiger partial charge in [-0.2, -0.15) is 0 Å². The standard InChI is InChI=1S/C26H38N2O5/c1-19(20-8-10-21(11-9-20)24(29)31-2)27-25(30)26(13-16-32-17-14-26)28-15-12-23(18-28)33-22-6-4-3-5-7-22/h8-11,19,22-23H,3-7,12-18H2,1-2H3,(H,27,30)/t19-,23+/m0/s1. The molecule has 7 nitrogen and oxygen atoms in total. The average Bonchev–Trinajstić information content (AvgIpc) is 3.33. The van der Waals surface area contributed by atoms with Gasteiger partial charge in [0.25, 0.3) is 0 Å². The maximum atomic E-state index is 13.7. The fourth-order valence-electron chi connectivity index (χ4n) is 5.54. The highest BCUT2D eigenvalue weighted by molar-refractivity contribution is 5.89. The van der Waals surface area contributed by atoms with Gasteiger partial charge in [-0.15, -0.1) is 0 Å². The number of methoxy groups -OCH3 is 1. The summed E-state index contributed by atoms with van der Waals surface area (Å²) in [6.45, 7) is 4.87. The summed E-state index contributed by atoms with van der Waals surface area (Å²) in [5, 5.41) is 3.25. The van der Waals surface area contributed by atoms with Crippen molar-refractivity contribution in [3.05, 3.63) is 35.4 Å². The first kappa shape index (κ1) is 24.2. The zero-order valence-electron chi connectivity index (χ0n) is 20.0. The molecule has 2 aliphatic heterocycles. The topological polar surface area (TPSA) is 77.1 Å². The number of carbonyl (C=O) groups excluding carboxylic acids is 2. The van der Waals surface area contributed by atoms with E-state index in [1.54, 1.807) is 12.1 Å². The summed E-state index contributed by atoms with van der Waals surface area (Å²) in [5.41, 5.74) is 0.906. The van der Waals surface area contributed by atoms with E-state index in [0.29, 0.717) is 37.7 Å². The number of likely N-dealkylation sites (tertiary alicyclic amines) is 1. The molecular formula is C26H38N2O5. The molecule has 3 aliphatic rings. The monoisotopic (exact) mass is 458 g/mol. The summed E-state index contributed by atoms with van der Waals surface area (Å²) in [6.07, 6.45) is 9.17. The lowest BCUT2D eigenvalue weighted by molar-refractivity contribution is -0.141. The van der Waals surface area contributed by atoms with Crippen LogP contribution in [0.1, 0.15) is 80.3 Å². The highest BCUT2D eigenvalue weighted by Gasteiger charge is 2.48. The lowest BCUT2D eigenvalue weighted by Gasteiger charge is -2.43. The Hall–Kier alpha value is -1.96. The fraction of sp³-hybridized carbons (Fsp3) is 0.692. The molecule has 0 spiro atoms. The number of nitrogens with zero attached hydrogens (tertiary/aromatic N) is 1. The molecule has 7 heteroatoms. The van der Waals surface area contributed by atoms with Gasteiger partial charge in [0.2, 0.25) is 5.91 Å². The van der Waals surface area contributed by atoms with E-state index in [1.807, 2.05) is 19.1 Å². The van der Waals surface area contributed by atoms with Crippen LogP contribution in [0.2, 0.25) is 0 Å². The van der Waals surface area contributed by atoms with Crippen LogP contribution in [-0.4, -0.2) is 67.9 Å². The normalized spacial score (nSPS) is 24.8. The van der Waals surface area contributed by atoms with Crippen LogP contribution < -0.4 is 5.32 Å². The molecule has 1 aromatic carbocycles. The average molecular weight is 459 g/mol. The van der Waals surface area contributed by atoms with E-state index >= 15 is 0 Å². The number of hydrogen-bond acceptors (Lipinski definition) is 6. The Balaban J connectivity index is 1.41. The second-order valence-electron chi connectivity index (χ2n) is 9.71. The van der Waals surface area contributed by atoms with E-state index in [4.69, 9.17) is 14.2 Å². The van der Waals surface area contributed by atoms with Gasteiger partial charge in [0.15, 0.2) is 0 Å². The van der Waals surface area contributed by atoms with Crippen LogP contribution >= 0.6 is 0 Å². The lowest BCUT2D eigenvalue weighted by atomic mass is 9.86. The minimum atomic E-state index is -0.552. The smallest absolute Gasteiger partial charge is 0.337 e. The Kier molecular flexibility index (Phi) is 8.04. The van der Waals surface area contributed by atoms with Crippen LogP contribution in [-0.2, 0) is 19.0 Å². The van der Waals surface area contributed by atoms with Gasteiger partial charge in [0.1, 0.15) is 5.54 Å². The molecule has 1 amide bonds. The van der Waals surface area contributed by atoms with E-state index in [0.717, 1.165) is 25.1 Å². The Morgan fingerprint density at radius 3 is 2.42 bits per heavy atom. The summed E-state index contributed by atoms with van der Waals surface area (Å²) in [5.74, 6) is -0.299. The van der Waals surface area contributed by atoms with E-state index in [2.05, 4.69) is 10.2 Å². The molecule has 2 heterocycles. The van der Waals surface area contributed by atoms with E-state index in [1.165, 1.54) is 39.2 Å². The maximum absolute atomic E-state index is 13.7. The van der Waals surface area contributed by atoms with Crippen molar-refractivity contribution < 1.29 is 23.8 Å². The Bertz CT molecular complexity index is 799. The number of carbonyl (C=O) groups is 2. The Labute approximate surface area is 197 Å². The Morgan fingerprint density at radius 1 is 1.06 bits per heavy atom. The Morgan fingerprint density at radius 2 is 1.76 bits per heavy atom. The summed E-state index contributed by atoms with van der Waals surface area (Å²) >= 11 is 0. The molecular weight excluding hydrogens is 420 g/mol. The molecule has 3 fully saturated rings. The molecule has 4 rings (SSSR count). The quantitative estimate of drug-likeness (QED) is 0.629. The minimum absolute atomic E-state index is 0.0636. The molecule has 2 atom stereocenters. The van der Waals surface area contributed by atoms with Crippen LogP contribution in [0.3, 0.4) is 0 Å². The van der Waals surface area contributed by atoms with Crippen molar-refractivity contribution in [1.82, 2.24) is 10.2 Å². The van der Waals surface area contributed by atoms with Gasteiger partial charge in [-0.1, -0.05) is 31.4 Å². The zero-order valence-corrected chi connectivity index (χ0v) is 20.0. The summed E-state index contributed by atoms with van der Waals surface area (Å²) in [7, 11) is 1.37. The highest BCUT2D eigenvalue weighted by Crippen LogP contribution is 2.34. The fourth-order valence-corrected chi connectivity index (χ4v) is 5.54. The van der Waals surface area contributed by atoms with Gasteiger partial charge < -0.3 is 19.5 Å². The number of amides is 1. The van der Waals surface area contributed by atoms with Gasteiger partial charge in [-0.3, -0.25) is 9.69 Å². The summed E-state index contributed by atoms with van der Waals surface area (Å²) in [4.78, 5) is 27.7. The van der Waals surface area contributed by atoms with Gasteiger partial charge >= 0.3 is 5.97 Å². The predicted molar refractivity (Wildman–Crippen MR) is 125 cm³/mol. The van der Waals surface area contributed by atoms with Crippen molar-refractivity contribution in [2.45, 2.75) is 82.1 Å². The maximum Gasteiger partial charge on any atom is 0.337 e. The molecule has 2 saturated heterocycles. The van der Waals surface area contributed by atoms with Crippen LogP contribution in [0.15, 0.2) is 24.3 Å². The van der Waals surface area contributed by atoms with Crippen molar-refractivity contribution in [3.8, 4) is 0 Å². The molecule has 1 aromatic rings. The number of hydrogen-bond donors (Lipinski definition) is 1. The van der Waals surface area contributed by atoms with Crippen molar-refractivity contribution in [1.29, 1.82) is 0 Å². The van der Waals surface area contributed by atoms with E-state index in [9.17, 15) is 9.59 Å². The van der Waals surface area contributed by atoms with E-state index in [-0.39, 0.29) is 24.0 Å². The van der Waals surface area contributed by atoms with Crippen molar-refractivity contribution >= 4 is 11.9 Å². The first-order chi connectivity index (χ1) is 16.0. The minimum Gasteiger partial charge on any atom is -0.465 e. The third-order valence-corrected chi connectivity index (χ3v) is 7.61. The summed E-state index contributed by atoms with van der Waals surface area (Å²) < 4.78 is 16.9. The molecule has 182 valence electrons. The molecule has 0 bridgehead atoms. The van der Waals surface area contributed by atoms with Crippen molar-refractivity contribution in [2.75, 3.05) is 33.4 Å². The molecule has 0 unspecified atom stereocenters. The number of nitrogens with one attached hydrogen (secondary N) is 1. The third-order valence-electron chi connectivity index (χ3n) is 7.61. The zero-order chi connectivity index (χ0) is 23.3.